The highest BCUT2D eigenvalue weighted by Crippen LogP contribution is 2.33. The Labute approximate surface area is 83.2 Å². The van der Waals surface area contributed by atoms with E-state index in [-0.39, 0.29) is 0 Å². The molecule has 0 spiro atoms. The molecule has 1 fully saturated rings. The summed E-state index contributed by atoms with van der Waals surface area (Å²) in [5.41, 5.74) is 7.21. The van der Waals surface area contributed by atoms with Gasteiger partial charge in [0.15, 0.2) is 0 Å². The van der Waals surface area contributed by atoms with Crippen LogP contribution in [0.3, 0.4) is 0 Å². The van der Waals surface area contributed by atoms with Crippen LogP contribution in [0.15, 0.2) is 0 Å². The third-order valence-electron chi connectivity index (χ3n) is 2.71. The van der Waals surface area contributed by atoms with Gasteiger partial charge in [-0.15, -0.1) is 11.3 Å². The molecule has 1 aliphatic rings. The largest absolute Gasteiger partial charge is 0.327 e. The van der Waals surface area contributed by atoms with E-state index in [9.17, 15) is 0 Å². The molecule has 2 rings (SSSR count). The van der Waals surface area contributed by atoms with E-state index in [1.807, 2.05) is 0 Å². The van der Waals surface area contributed by atoms with Crippen LogP contribution in [0, 0.1) is 19.8 Å². The number of hydrogen-bond donors (Lipinski definition) is 1. The van der Waals surface area contributed by atoms with E-state index in [0.29, 0.717) is 6.04 Å². The van der Waals surface area contributed by atoms with Crippen molar-refractivity contribution in [1.29, 1.82) is 0 Å². The Kier molecular flexibility index (Phi) is 2.39. The quantitative estimate of drug-likeness (QED) is 0.803. The first-order chi connectivity index (χ1) is 6.16. The predicted octanol–water partition coefficient (Wildman–Crippen LogP) is 2.04. The summed E-state index contributed by atoms with van der Waals surface area (Å²) in [6.45, 7) is 4.19. The molecule has 72 valence electrons. The van der Waals surface area contributed by atoms with Gasteiger partial charge < -0.3 is 5.73 Å². The molecule has 0 aromatic carbocycles. The molecule has 0 saturated heterocycles. The van der Waals surface area contributed by atoms with Crippen molar-refractivity contribution in [3.8, 4) is 0 Å². The molecule has 1 heterocycles. The molecule has 2 N–H and O–H groups in total. The molecule has 0 aliphatic heterocycles. The van der Waals surface area contributed by atoms with Gasteiger partial charge in [0, 0.05) is 17.3 Å². The van der Waals surface area contributed by atoms with Gasteiger partial charge >= 0.3 is 0 Å². The predicted molar refractivity (Wildman–Crippen MR) is 56.0 cm³/mol. The third kappa shape index (κ3) is 2.09. The molecular formula is C10H16N2S. The molecule has 2 nitrogen and oxygen atoms in total. The molecule has 1 aliphatic carbocycles. The summed E-state index contributed by atoms with van der Waals surface area (Å²) in [5, 5.41) is 1.22. The van der Waals surface area contributed by atoms with Gasteiger partial charge in [0.05, 0.1) is 10.7 Å². The summed E-state index contributed by atoms with van der Waals surface area (Å²) in [7, 11) is 0. The van der Waals surface area contributed by atoms with Crippen LogP contribution in [-0.2, 0) is 6.42 Å². The SMILES string of the molecule is Cc1nc(CC(N)C2CC2)sc1C. The third-order valence-corrected chi connectivity index (χ3v) is 3.81. The molecule has 0 radical (unpaired) electrons. The van der Waals surface area contributed by atoms with Crippen molar-refractivity contribution in [3.05, 3.63) is 15.6 Å². The van der Waals surface area contributed by atoms with Gasteiger partial charge in [0.1, 0.15) is 0 Å². The maximum Gasteiger partial charge on any atom is 0.0946 e. The van der Waals surface area contributed by atoms with Gasteiger partial charge in [-0.2, -0.15) is 0 Å². The lowest BCUT2D eigenvalue weighted by Gasteiger charge is -2.06. The molecule has 3 heteroatoms. The van der Waals surface area contributed by atoms with E-state index in [1.54, 1.807) is 11.3 Å². The summed E-state index contributed by atoms with van der Waals surface area (Å²) in [6.07, 6.45) is 3.62. The standard InChI is InChI=1S/C10H16N2S/c1-6-7(2)13-10(12-6)5-9(11)8-3-4-8/h8-9H,3-5,11H2,1-2H3. The van der Waals surface area contributed by atoms with Crippen LogP contribution in [0.4, 0.5) is 0 Å². The second kappa shape index (κ2) is 3.39. The van der Waals surface area contributed by atoms with Crippen LogP contribution in [0.25, 0.3) is 0 Å². The number of aromatic nitrogens is 1. The Balaban J connectivity index is 2.00. The Morgan fingerprint density at radius 2 is 2.23 bits per heavy atom. The number of rotatable bonds is 3. The number of aryl methyl sites for hydroxylation is 2. The van der Waals surface area contributed by atoms with Crippen LogP contribution in [0.5, 0.6) is 0 Å². The summed E-state index contributed by atoms with van der Waals surface area (Å²) in [5.74, 6) is 0.782. The Bertz CT molecular complexity index is 282. The normalized spacial score (nSPS) is 19.0. The summed E-state index contributed by atoms with van der Waals surface area (Å²) < 4.78 is 0. The first-order valence-corrected chi connectivity index (χ1v) is 5.67. The van der Waals surface area contributed by atoms with Gasteiger partial charge in [0.25, 0.3) is 0 Å². The van der Waals surface area contributed by atoms with Crippen LogP contribution < -0.4 is 5.73 Å². The van der Waals surface area contributed by atoms with Crippen molar-refractivity contribution >= 4 is 11.3 Å². The average Bonchev–Trinajstić information content (AvgIpc) is 2.81. The zero-order valence-corrected chi connectivity index (χ0v) is 9.03. The van der Waals surface area contributed by atoms with Crippen molar-refractivity contribution in [2.75, 3.05) is 0 Å². The molecule has 0 bridgehead atoms. The zero-order chi connectivity index (χ0) is 9.42. The Morgan fingerprint density at radius 3 is 2.69 bits per heavy atom. The van der Waals surface area contributed by atoms with Crippen molar-refractivity contribution in [1.82, 2.24) is 4.98 Å². The number of thiazole rings is 1. The van der Waals surface area contributed by atoms with E-state index in [4.69, 9.17) is 5.73 Å². The van der Waals surface area contributed by atoms with E-state index in [2.05, 4.69) is 18.8 Å². The van der Waals surface area contributed by atoms with Crippen molar-refractivity contribution in [2.24, 2.45) is 11.7 Å². The minimum absolute atomic E-state index is 0.352. The van der Waals surface area contributed by atoms with E-state index < -0.39 is 0 Å². The molecule has 1 unspecified atom stereocenters. The second-order valence-electron chi connectivity index (χ2n) is 3.95. The number of nitrogens with zero attached hydrogens (tertiary/aromatic N) is 1. The molecule has 1 atom stereocenters. The van der Waals surface area contributed by atoms with Crippen LogP contribution in [0.1, 0.15) is 28.4 Å². The topological polar surface area (TPSA) is 38.9 Å². The molecular weight excluding hydrogens is 180 g/mol. The molecule has 13 heavy (non-hydrogen) atoms. The maximum absolute atomic E-state index is 6.04. The molecule has 0 amide bonds. The minimum atomic E-state index is 0.352. The first-order valence-electron chi connectivity index (χ1n) is 4.85. The number of hydrogen-bond acceptors (Lipinski definition) is 3. The highest BCUT2D eigenvalue weighted by molar-refractivity contribution is 7.11. The fourth-order valence-corrected chi connectivity index (χ4v) is 2.52. The van der Waals surface area contributed by atoms with E-state index in [0.717, 1.165) is 12.3 Å². The summed E-state index contributed by atoms with van der Waals surface area (Å²) >= 11 is 1.80. The van der Waals surface area contributed by atoms with Crippen LogP contribution >= 0.6 is 11.3 Å². The zero-order valence-electron chi connectivity index (χ0n) is 8.21. The lowest BCUT2D eigenvalue weighted by molar-refractivity contribution is 0.589. The Morgan fingerprint density at radius 1 is 1.54 bits per heavy atom. The van der Waals surface area contributed by atoms with E-state index >= 15 is 0 Å². The van der Waals surface area contributed by atoms with Crippen molar-refractivity contribution in [2.45, 2.75) is 39.2 Å². The summed E-state index contributed by atoms with van der Waals surface area (Å²) in [6, 6.07) is 0.352. The highest BCUT2D eigenvalue weighted by Gasteiger charge is 2.29. The lowest BCUT2D eigenvalue weighted by atomic mass is 10.1. The van der Waals surface area contributed by atoms with Crippen LogP contribution in [0.2, 0.25) is 0 Å². The highest BCUT2D eigenvalue weighted by atomic mass is 32.1. The Hall–Kier alpha value is -0.410. The van der Waals surface area contributed by atoms with Gasteiger partial charge in [-0.1, -0.05) is 0 Å². The molecule has 1 aromatic rings. The first kappa shape index (κ1) is 9.16. The fraction of sp³-hybridized carbons (Fsp3) is 0.700. The van der Waals surface area contributed by atoms with Gasteiger partial charge in [-0.25, -0.2) is 4.98 Å². The van der Waals surface area contributed by atoms with Gasteiger partial charge in [0.2, 0.25) is 0 Å². The number of nitrogens with two attached hydrogens (primary N) is 1. The van der Waals surface area contributed by atoms with Crippen molar-refractivity contribution < 1.29 is 0 Å². The van der Waals surface area contributed by atoms with E-state index in [1.165, 1.54) is 28.4 Å². The summed E-state index contributed by atoms with van der Waals surface area (Å²) in [4.78, 5) is 5.83. The lowest BCUT2D eigenvalue weighted by Crippen LogP contribution is -2.24. The average molecular weight is 196 g/mol. The fourth-order valence-electron chi connectivity index (χ4n) is 1.52. The molecule has 1 aromatic heterocycles. The van der Waals surface area contributed by atoms with Gasteiger partial charge in [-0.05, 0) is 32.6 Å². The maximum atomic E-state index is 6.04. The monoisotopic (exact) mass is 196 g/mol. The minimum Gasteiger partial charge on any atom is -0.327 e. The van der Waals surface area contributed by atoms with Crippen LogP contribution in [-0.4, -0.2) is 11.0 Å². The second-order valence-corrected chi connectivity index (χ2v) is 5.24. The van der Waals surface area contributed by atoms with Crippen molar-refractivity contribution in [3.63, 3.8) is 0 Å². The molecule has 1 saturated carbocycles. The smallest absolute Gasteiger partial charge is 0.0946 e. The van der Waals surface area contributed by atoms with Gasteiger partial charge in [-0.3, -0.25) is 0 Å².